The van der Waals surface area contributed by atoms with Crippen molar-refractivity contribution >= 4 is 10.0 Å². The van der Waals surface area contributed by atoms with Crippen molar-refractivity contribution in [3.8, 4) is 5.75 Å². The molecule has 0 spiro atoms. The summed E-state index contributed by atoms with van der Waals surface area (Å²) in [4.78, 5) is -0.195. The van der Waals surface area contributed by atoms with E-state index in [0.29, 0.717) is 19.6 Å². The first-order chi connectivity index (χ1) is 10.2. The third-order valence-corrected chi connectivity index (χ3v) is 5.28. The van der Waals surface area contributed by atoms with Crippen LogP contribution < -0.4 is 10.1 Å². The number of rotatable bonds is 5. The molecule has 1 atom stereocenters. The van der Waals surface area contributed by atoms with Gasteiger partial charge in [0.05, 0.1) is 4.90 Å². The lowest BCUT2D eigenvalue weighted by molar-refractivity contribution is -0.274. The Hall–Kier alpha value is -1.32. The van der Waals surface area contributed by atoms with E-state index in [1.54, 1.807) is 7.05 Å². The molecule has 1 fully saturated rings. The zero-order valence-corrected chi connectivity index (χ0v) is 12.7. The maximum Gasteiger partial charge on any atom is 0.573 e. The zero-order chi connectivity index (χ0) is 16.4. The molecule has 1 aromatic carbocycles. The summed E-state index contributed by atoms with van der Waals surface area (Å²) in [6, 6.07) is 4.47. The van der Waals surface area contributed by atoms with Gasteiger partial charge in [-0.1, -0.05) is 6.07 Å². The van der Waals surface area contributed by atoms with Gasteiger partial charge in [-0.15, -0.1) is 13.2 Å². The van der Waals surface area contributed by atoms with Crippen LogP contribution in [0.1, 0.15) is 6.42 Å². The molecular weight excluding hydrogens is 321 g/mol. The fourth-order valence-electron chi connectivity index (χ4n) is 2.45. The second-order valence-corrected chi connectivity index (χ2v) is 7.04. The van der Waals surface area contributed by atoms with Gasteiger partial charge in [0.1, 0.15) is 5.75 Å². The Morgan fingerprint density at radius 3 is 2.77 bits per heavy atom. The smallest absolute Gasteiger partial charge is 0.406 e. The molecule has 9 heteroatoms. The molecule has 0 radical (unpaired) electrons. The molecule has 1 saturated heterocycles. The molecule has 1 aliphatic heterocycles. The van der Waals surface area contributed by atoms with Gasteiger partial charge in [-0.05, 0) is 38.1 Å². The zero-order valence-electron chi connectivity index (χ0n) is 11.9. The highest BCUT2D eigenvalue weighted by molar-refractivity contribution is 7.89. The number of benzene rings is 1. The van der Waals surface area contributed by atoms with E-state index >= 15 is 0 Å². The van der Waals surface area contributed by atoms with E-state index in [2.05, 4.69) is 10.1 Å². The Kier molecular flexibility index (Phi) is 4.98. The molecule has 0 aliphatic carbocycles. The monoisotopic (exact) mass is 338 g/mol. The lowest BCUT2D eigenvalue weighted by Gasteiger charge is -2.17. The highest BCUT2D eigenvalue weighted by atomic mass is 32.2. The number of alkyl halides is 3. The van der Waals surface area contributed by atoms with E-state index in [9.17, 15) is 21.6 Å². The van der Waals surface area contributed by atoms with Crippen LogP contribution in [0.25, 0.3) is 0 Å². The first kappa shape index (κ1) is 17.0. The molecule has 0 aromatic heterocycles. The van der Waals surface area contributed by atoms with Crippen LogP contribution in [0.15, 0.2) is 29.2 Å². The summed E-state index contributed by atoms with van der Waals surface area (Å²) < 4.78 is 66.7. The van der Waals surface area contributed by atoms with Gasteiger partial charge < -0.3 is 10.1 Å². The molecule has 1 heterocycles. The maximum absolute atomic E-state index is 12.5. The number of hydrogen-bond acceptors (Lipinski definition) is 4. The summed E-state index contributed by atoms with van der Waals surface area (Å²) in [6.45, 7) is 1.41. The van der Waals surface area contributed by atoms with Crippen molar-refractivity contribution in [1.29, 1.82) is 0 Å². The Morgan fingerprint density at radius 2 is 2.14 bits per heavy atom. The maximum atomic E-state index is 12.5. The summed E-state index contributed by atoms with van der Waals surface area (Å²) >= 11 is 0. The minimum absolute atomic E-state index is 0.195. The van der Waals surface area contributed by atoms with Crippen molar-refractivity contribution in [2.24, 2.45) is 5.92 Å². The minimum Gasteiger partial charge on any atom is -0.406 e. The minimum atomic E-state index is -4.85. The van der Waals surface area contributed by atoms with Gasteiger partial charge in [0.15, 0.2) is 0 Å². The summed E-state index contributed by atoms with van der Waals surface area (Å²) in [7, 11) is -2.02. The quantitative estimate of drug-likeness (QED) is 0.890. The average Bonchev–Trinajstić information content (AvgIpc) is 2.87. The van der Waals surface area contributed by atoms with Gasteiger partial charge in [-0.3, -0.25) is 0 Å². The van der Waals surface area contributed by atoms with Crippen LogP contribution in [0, 0.1) is 5.92 Å². The van der Waals surface area contributed by atoms with E-state index in [1.165, 1.54) is 16.4 Å². The molecule has 1 aliphatic rings. The largest absolute Gasteiger partial charge is 0.573 e. The normalized spacial score (nSPS) is 20.3. The predicted octanol–water partition coefficient (Wildman–Crippen LogP) is 1.82. The van der Waals surface area contributed by atoms with Crippen molar-refractivity contribution in [1.82, 2.24) is 9.62 Å². The van der Waals surface area contributed by atoms with Crippen molar-refractivity contribution in [2.75, 3.05) is 26.7 Å². The second-order valence-electron chi connectivity index (χ2n) is 5.10. The summed E-state index contributed by atoms with van der Waals surface area (Å²) in [5.41, 5.74) is 0. The molecule has 2 rings (SSSR count). The van der Waals surface area contributed by atoms with E-state index in [0.717, 1.165) is 18.6 Å². The van der Waals surface area contributed by atoms with Gasteiger partial charge in [0.2, 0.25) is 10.0 Å². The van der Waals surface area contributed by atoms with Crippen LogP contribution in [0.5, 0.6) is 5.75 Å². The van der Waals surface area contributed by atoms with E-state index in [1.807, 2.05) is 0 Å². The molecule has 0 saturated carbocycles. The lowest BCUT2D eigenvalue weighted by atomic mass is 10.1. The van der Waals surface area contributed by atoms with E-state index < -0.39 is 22.1 Å². The average molecular weight is 338 g/mol. The number of hydrogen-bond donors (Lipinski definition) is 1. The standard InChI is InChI=1S/C13H17F3N2O3S/c1-17-8-10-5-6-18(9-10)22(19,20)12-4-2-3-11(7-12)21-13(14,15)16/h2-4,7,10,17H,5-6,8-9H2,1H3/t10-/m1/s1. The predicted molar refractivity (Wildman–Crippen MR) is 73.9 cm³/mol. The SMILES string of the molecule is CNC[C@H]1CCN(S(=O)(=O)c2cccc(OC(F)(F)F)c2)C1. The molecule has 1 aromatic rings. The number of ether oxygens (including phenoxy) is 1. The van der Waals surface area contributed by atoms with Gasteiger partial charge in [-0.25, -0.2) is 8.42 Å². The highest BCUT2D eigenvalue weighted by Crippen LogP contribution is 2.28. The van der Waals surface area contributed by atoms with Gasteiger partial charge >= 0.3 is 6.36 Å². The van der Waals surface area contributed by atoms with Gasteiger partial charge in [0.25, 0.3) is 0 Å². The third-order valence-electron chi connectivity index (χ3n) is 3.42. The summed E-state index contributed by atoms with van der Waals surface area (Å²) in [6.07, 6.45) is -4.13. The van der Waals surface area contributed by atoms with Gasteiger partial charge in [-0.2, -0.15) is 4.31 Å². The topological polar surface area (TPSA) is 58.6 Å². The van der Waals surface area contributed by atoms with Crippen LogP contribution in [0.2, 0.25) is 0 Å². The summed E-state index contributed by atoms with van der Waals surface area (Å²) in [5, 5.41) is 2.99. The molecule has 0 bridgehead atoms. The van der Waals surface area contributed by atoms with Crippen LogP contribution in [0.3, 0.4) is 0 Å². The van der Waals surface area contributed by atoms with Crippen LogP contribution in [0.4, 0.5) is 13.2 Å². The van der Waals surface area contributed by atoms with Crippen LogP contribution >= 0.6 is 0 Å². The Bertz CT molecular complexity index is 619. The lowest BCUT2D eigenvalue weighted by Crippen LogP contribution is -2.30. The number of halogens is 3. The first-order valence-electron chi connectivity index (χ1n) is 6.73. The number of sulfonamides is 1. The van der Waals surface area contributed by atoms with E-state index in [-0.39, 0.29) is 10.8 Å². The third kappa shape index (κ3) is 4.11. The fraction of sp³-hybridized carbons (Fsp3) is 0.538. The Labute approximate surface area is 127 Å². The van der Waals surface area contributed by atoms with E-state index in [4.69, 9.17) is 0 Å². The van der Waals surface area contributed by atoms with Crippen molar-refractivity contribution in [3.05, 3.63) is 24.3 Å². The van der Waals surface area contributed by atoms with Crippen molar-refractivity contribution < 1.29 is 26.3 Å². The van der Waals surface area contributed by atoms with Crippen LogP contribution in [-0.2, 0) is 10.0 Å². The molecule has 1 N–H and O–H groups in total. The Balaban J connectivity index is 2.18. The van der Waals surface area contributed by atoms with Crippen molar-refractivity contribution in [3.63, 3.8) is 0 Å². The number of nitrogens with zero attached hydrogens (tertiary/aromatic N) is 1. The molecule has 5 nitrogen and oxygen atoms in total. The second kappa shape index (κ2) is 6.43. The van der Waals surface area contributed by atoms with Crippen molar-refractivity contribution in [2.45, 2.75) is 17.7 Å². The van der Waals surface area contributed by atoms with Gasteiger partial charge in [0, 0.05) is 19.2 Å². The Morgan fingerprint density at radius 1 is 1.41 bits per heavy atom. The molecule has 0 amide bonds. The number of nitrogens with one attached hydrogen (secondary N) is 1. The summed E-state index contributed by atoms with van der Waals surface area (Å²) in [5.74, 6) is -0.339. The highest BCUT2D eigenvalue weighted by Gasteiger charge is 2.34. The molecule has 124 valence electrons. The molecule has 22 heavy (non-hydrogen) atoms. The first-order valence-corrected chi connectivity index (χ1v) is 8.17. The van der Waals surface area contributed by atoms with Crippen LogP contribution in [-0.4, -0.2) is 45.8 Å². The molecule has 0 unspecified atom stereocenters. The molecular formula is C13H17F3N2O3S. The fourth-order valence-corrected chi connectivity index (χ4v) is 4.02.